The van der Waals surface area contributed by atoms with E-state index < -0.39 is 23.4 Å². The highest BCUT2D eigenvalue weighted by Gasteiger charge is 2.42. The van der Waals surface area contributed by atoms with Gasteiger partial charge < -0.3 is 16.4 Å². The van der Waals surface area contributed by atoms with Crippen LogP contribution >= 0.6 is 23.2 Å². The van der Waals surface area contributed by atoms with Crippen LogP contribution in [0, 0.1) is 5.41 Å². The molecule has 1 aliphatic heterocycles. The minimum atomic E-state index is -0.636. The van der Waals surface area contributed by atoms with Crippen molar-refractivity contribution < 1.29 is 9.59 Å². The maximum Gasteiger partial charge on any atom is 0.315 e. The van der Waals surface area contributed by atoms with Gasteiger partial charge >= 0.3 is 6.03 Å². The molecule has 0 spiro atoms. The highest BCUT2D eigenvalue weighted by molar-refractivity contribution is 6.35. The van der Waals surface area contributed by atoms with Crippen LogP contribution < -0.4 is 11.5 Å². The number of fused-ring (bicyclic) bond motifs is 1. The Morgan fingerprint density at radius 3 is 2.19 bits per heavy atom. The van der Waals surface area contributed by atoms with Gasteiger partial charge in [0.15, 0.2) is 0 Å². The second-order valence-electron chi connectivity index (χ2n) is 7.65. The predicted octanol–water partition coefficient (Wildman–Crippen LogP) is 3.44. The minimum Gasteiger partial charge on any atom is -0.365 e. The third kappa shape index (κ3) is 3.49. The Kier molecular flexibility index (Phi) is 4.86. The summed E-state index contributed by atoms with van der Waals surface area (Å²) in [7, 11) is 0. The van der Waals surface area contributed by atoms with Crippen LogP contribution in [0.1, 0.15) is 42.9 Å². The summed E-state index contributed by atoms with van der Waals surface area (Å²) in [6, 6.07) is 3.93. The highest BCUT2D eigenvalue weighted by atomic mass is 35.5. The molecule has 4 N–H and O–H groups in total. The fourth-order valence-corrected chi connectivity index (χ4v) is 4.18. The number of urea groups is 1. The van der Waals surface area contributed by atoms with Crippen LogP contribution in [0.4, 0.5) is 4.79 Å². The SMILES string of the molecule is CC(C)(C)C1c2c(C(N)=O)c(-c3cc(Cl)cc(Cl)c3)nn2CCN1C(N)=O. The van der Waals surface area contributed by atoms with Crippen molar-refractivity contribution in [2.75, 3.05) is 6.54 Å². The Morgan fingerprint density at radius 2 is 1.70 bits per heavy atom. The normalized spacial score (nSPS) is 16.9. The van der Waals surface area contributed by atoms with Gasteiger partial charge in [-0.2, -0.15) is 5.10 Å². The van der Waals surface area contributed by atoms with Crippen molar-refractivity contribution in [3.8, 4) is 11.3 Å². The molecule has 1 aliphatic rings. The molecule has 1 aromatic heterocycles. The third-order valence-corrected chi connectivity index (χ3v) is 5.04. The molecule has 2 heterocycles. The van der Waals surface area contributed by atoms with E-state index >= 15 is 0 Å². The minimum absolute atomic E-state index is 0.249. The molecule has 27 heavy (non-hydrogen) atoms. The molecular weight excluding hydrogens is 389 g/mol. The molecule has 7 nitrogen and oxygen atoms in total. The lowest BCUT2D eigenvalue weighted by Gasteiger charge is -2.42. The van der Waals surface area contributed by atoms with E-state index in [9.17, 15) is 9.59 Å². The van der Waals surface area contributed by atoms with Gasteiger partial charge in [0.05, 0.1) is 23.8 Å². The summed E-state index contributed by atoms with van der Waals surface area (Å²) in [6.45, 7) is 6.70. The van der Waals surface area contributed by atoms with E-state index in [0.29, 0.717) is 40.1 Å². The van der Waals surface area contributed by atoms with E-state index in [1.54, 1.807) is 27.8 Å². The second-order valence-corrected chi connectivity index (χ2v) is 8.53. The van der Waals surface area contributed by atoms with Crippen LogP contribution in [0.5, 0.6) is 0 Å². The Balaban J connectivity index is 2.30. The number of carbonyl (C=O) groups is 2. The quantitative estimate of drug-likeness (QED) is 0.792. The van der Waals surface area contributed by atoms with Gasteiger partial charge in [-0.3, -0.25) is 9.48 Å². The first-order chi connectivity index (χ1) is 12.5. The number of hydrogen-bond donors (Lipinski definition) is 2. The molecule has 9 heteroatoms. The zero-order chi connectivity index (χ0) is 20.1. The Bertz CT molecular complexity index is 912. The lowest BCUT2D eigenvalue weighted by Crippen LogP contribution is -2.49. The second kappa shape index (κ2) is 6.73. The van der Waals surface area contributed by atoms with Gasteiger partial charge in [-0.05, 0) is 23.6 Å². The summed E-state index contributed by atoms with van der Waals surface area (Å²) >= 11 is 12.2. The largest absolute Gasteiger partial charge is 0.365 e. The number of nitrogens with zero attached hydrogens (tertiary/aromatic N) is 3. The smallest absolute Gasteiger partial charge is 0.315 e. The molecule has 0 fully saturated rings. The maximum atomic E-state index is 12.4. The number of aromatic nitrogens is 2. The number of benzene rings is 1. The zero-order valence-corrected chi connectivity index (χ0v) is 16.8. The van der Waals surface area contributed by atoms with Crippen LogP contribution in [0.25, 0.3) is 11.3 Å². The molecule has 3 rings (SSSR count). The summed E-state index contributed by atoms with van der Waals surface area (Å²) in [5.74, 6) is -0.636. The predicted molar refractivity (Wildman–Crippen MR) is 105 cm³/mol. The molecule has 0 saturated heterocycles. The Morgan fingerprint density at radius 1 is 1.11 bits per heavy atom. The van der Waals surface area contributed by atoms with E-state index in [1.807, 2.05) is 20.8 Å². The first-order valence-electron chi connectivity index (χ1n) is 8.43. The van der Waals surface area contributed by atoms with E-state index in [1.165, 1.54) is 0 Å². The molecule has 0 bridgehead atoms. The number of rotatable bonds is 2. The van der Waals surface area contributed by atoms with Crippen molar-refractivity contribution in [2.24, 2.45) is 16.9 Å². The summed E-state index contributed by atoms with van der Waals surface area (Å²) < 4.78 is 1.72. The molecule has 0 radical (unpaired) electrons. The molecular formula is C18H21Cl2N5O2. The summed E-state index contributed by atoms with van der Waals surface area (Å²) in [6.07, 6.45) is 0. The van der Waals surface area contributed by atoms with Gasteiger partial charge in [0.1, 0.15) is 5.69 Å². The molecule has 1 unspecified atom stereocenters. The molecule has 1 aromatic carbocycles. The lowest BCUT2D eigenvalue weighted by molar-refractivity contribution is 0.0899. The van der Waals surface area contributed by atoms with Crippen molar-refractivity contribution in [2.45, 2.75) is 33.4 Å². The van der Waals surface area contributed by atoms with E-state index in [2.05, 4.69) is 5.10 Å². The fraction of sp³-hybridized carbons (Fsp3) is 0.389. The van der Waals surface area contributed by atoms with Crippen molar-refractivity contribution >= 4 is 35.1 Å². The fourth-order valence-electron chi connectivity index (χ4n) is 3.65. The number of primary amides is 2. The monoisotopic (exact) mass is 409 g/mol. The van der Waals surface area contributed by atoms with Gasteiger partial charge in [-0.1, -0.05) is 44.0 Å². The van der Waals surface area contributed by atoms with Crippen molar-refractivity contribution in [3.63, 3.8) is 0 Å². The molecule has 2 aromatic rings. The van der Waals surface area contributed by atoms with E-state index in [0.717, 1.165) is 0 Å². The lowest BCUT2D eigenvalue weighted by atomic mass is 9.81. The van der Waals surface area contributed by atoms with Crippen LogP contribution in [0.15, 0.2) is 18.2 Å². The maximum absolute atomic E-state index is 12.4. The topological polar surface area (TPSA) is 107 Å². The average Bonchev–Trinajstić information content (AvgIpc) is 2.91. The third-order valence-electron chi connectivity index (χ3n) is 4.60. The summed E-state index contributed by atoms with van der Waals surface area (Å²) in [5.41, 5.74) is 12.7. The Labute approximate surface area is 167 Å². The number of carbonyl (C=O) groups excluding carboxylic acids is 2. The van der Waals surface area contributed by atoms with Gasteiger partial charge in [-0.15, -0.1) is 0 Å². The van der Waals surface area contributed by atoms with Crippen molar-refractivity contribution in [3.05, 3.63) is 39.5 Å². The standard InChI is InChI=1S/C18H21Cl2N5O2/c1-18(2,3)15-14-12(16(21)26)13(9-6-10(19)8-11(20)7-9)23-25(14)5-4-24(15)17(22)27/h6-8,15H,4-5H2,1-3H3,(H2,21,26)(H2,22,27). The van der Waals surface area contributed by atoms with E-state index in [4.69, 9.17) is 34.7 Å². The average molecular weight is 410 g/mol. The van der Waals surface area contributed by atoms with Crippen LogP contribution in [0.3, 0.4) is 0 Å². The highest BCUT2D eigenvalue weighted by Crippen LogP contribution is 2.44. The van der Waals surface area contributed by atoms with Gasteiger partial charge in [-0.25, -0.2) is 4.79 Å². The van der Waals surface area contributed by atoms with Crippen LogP contribution in [-0.2, 0) is 6.54 Å². The van der Waals surface area contributed by atoms with Crippen LogP contribution in [0.2, 0.25) is 10.0 Å². The Hall–Kier alpha value is -2.25. The number of amides is 3. The van der Waals surface area contributed by atoms with E-state index in [-0.39, 0.29) is 5.56 Å². The molecule has 3 amide bonds. The van der Waals surface area contributed by atoms with Gasteiger partial charge in [0.25, 0.3) is 5.91 Å². The van der Waals surface area contributed by atoms with Gasteiger partial charge in [0.2, 0.25) is 0 Å². The number of hydrogen-bond acceptors (Lipinski definition) is 3. The summed E-state index contributed by atoms with van der Waals surface area (Å²) in [4.78, 5) is 26.0. The number of halogens is 2. The number of nitrogens with two attached hydrogens (primary N) is 2. The molecule has 144 valence electrons. The van der Waals surface area contributed by atoms with Gasteiger partial charge in [0, 0.05) is 22.2 Å². The molecule has 0 saturated carbocycles. The first kappa shape index (κ1) is 19.5. The van der Waals surface area contributed by atoms with Crippen molar-refractivity contribution in [1.29, 1.82) is 0 Å². The first-order valence-corrected chi connectivity index (χ1v) is 9.19. The van der Waals surface area contributed by atoms with Crippen molar-refractivity contribution in [1.82, 2.24) is 14.7 Å². The zero-order valence-electron chi connectivity index (χ0n) is 15.3. The van der Waals surface area contributed by atoms with Crippen LogP contribution in [-0.4, -0.2) is 33.2 Å². The summed E-state index contributed by atoms with van der Waals surface area (Å²) in [5, 5.41) is 5.44. The molecule has 1 atom stereocenters. The molecule has 0 aliphatic carbocycles.